The van der Waals surface area contributed by atoms with Gasteiger partial charge in [0.15, 0.2) is 6.04 Å². The zero-order chi connectivity index (χ0) is 38.1. The number of anilines is 2. The number of carbonyl (C=O) groups is 3. The molecule has 13 heteroatoms. The lowest BCUT2D eigenvalue weighted by Crippen LogP contribution is -2.34. The fourth-order valence-corrected chi connectivity index (χ4v) is 4.60. The summed E-state index contributed by atoms with van der Waals surface area (Å²) in [6.45, 7) is 10.0. The molecule has 0 fully saturated rings. The van der Waals surface area contributed by atoms with E-state index < -0.39 is 29.8 Å². The van der Waals surface area contributed by atoms with Crippen LogP contribution in [0.4, 0.5) is 21.0 Å². The van der Waals surface area contributed by atoms with E-state index in [1.54, 1.807) is 73.9 Å². The number of H-pyrrole nitrogens is 1. The Morgan fingerprint density at radius 3 is 2.22 bits per heavy atom. The molecule has 1 aromatic heterocycles. The van der Waals surface area contributed by atoms with Crippen molar-refractivity contribution >= 4 is 40.3 Å². The summed E-state index contributed by atoms with van der Waals surface area (Å²) < 4.78 is 10.8. The van der Waals surface area contributed by atoms with E-state index in [0.29, 0.717) is 41.9 Å². The molecule has 51 heavy (non-hydrogen) atoms. The number of aliphatic hydroxyl groups is 2. The number of aryl methyl sites for hydroxylation is 1. The fourth-order valence-electron chi connectivity index (χ4n) is 4.60. The number of ether oxygens (including phenoxy) is 2. The highest BCUT2D eigenvalue weighted by Crippen LogP contribution is 2.24. The number of carboxylic acids is 1. The van der Waals surface area contributed by atoms with Crippen molar-refractivity contribution in [3.8, 4) is 0 Å². The van der Waals surface area contributed by atoms with Crippen LogP contribution in [0.2, 0.25) is 0 Å². The molecule has 6 N–H and O–H groups in total. The molecule has 0 aliphatic carbocycles. The number of amides is 2. The summed E-state index contributed by atoms with van der Waals surface area (Å²) in [5, 5.41) is 31.7. The van der Waals surface area contributed by atoms with Crippen LogP contribution in [0.15, 0.2) is 77.7 Å². The molecule has 1 atom stereocenters. The molecular formula is C38H50N4O9. The Morgan fingerprint density at radius 1 is 0.961 bits per heavy atom. The molecule has 0 radical (unpaired) electrons. The number of aliphatic carboxylic acids is 1. The number of benzene rings is 3. The van der Waals surface area contributed by atoms with Crippen molar-refractivity contribution in [2.45, 2.75) is 65.6 Å². The van der Waals surface area contributed by atoms with E-state index in [1.165, 1.54) is 4.90 Å². The summed E-state index contributed by atoms with van der Waals surface area (Å²) in [7, 11) is 2.65. The topological polar surface area (TPSA) is 191 Å². The number of aromatic nitrogens is 1. The number of carbonyl (C=O) groups excluding carboxylic acids is 2. The highest BCUT2D eigenvalue weighted by Gasteiger charge is 2.21. The monoisotopic (exact) mass is 706 g/mol. The summed E-state index contributed by atoms with van der Waals surface area (Å²) in [5.74, 6) is -1.07. The van der Waals surface area contributed by atoms with Crippen LogP contribution in [0.1, 0.15) is 62.4 Å². The number of pyridine rings is 1. The number of nitrogens with zero attached hydrogens (tertiary/aromatic N) is 1. The molecule has 2 amide bonds. The van der Waals surface area contributed by atoms with Gasteiger partial charge in [-0.05, 0) is 92.1 Å². The first-order chi connectivity index (χ1) is 24.2. The van der Waals surface area contributed by atoms with Crippen LogP contribution in [0.3, 0.4) is 0 Å². The standard InChI is InChI=1S/C34H38N4O7.C3H8O.CH4O/c1-21-6-12-26(18-25(21)20-38(5)33(43)45-34(2,3)4)37-32(42)44-17-15-22-7-9-24(10-8-22)29(31(40)41)36-27-13-11-23-14-16-35-30(39)28(23)19-27;1-2-3-4;1-2/h6-14,16,18-19,29,36H,15,17,20H2,1-5H3,(H,35,39)(H,37,42)(H,40,41);4H,2-3H2,1H3;2H,1H3. The highest BCUT2D eigenvalue weighted by molar-refractivity contribution is 5.86. The van der Waals surface area contributed by atoms with Gasteiger partial charge in [0.2, 0.25) is 0 Å². The first-order valence-corrected chi connectivity index (χ1v) is 16.4. The smallest absolute Gasteiger partial charge is 0.411 e. The van der Waals surface area contributed by atoms with Crippen molar-refractivity contribution < 1.29 is 39.2 Å². The second-order valence-corrected chi connectivity index (χ2v) is 12.5. The third-order valence-corrected chi connectivity index (χ3v) is 7.20. The van der Waals surface area contributed by atoms with Crippen LogP contribution in [0.5, 0.6) is 0 Å². The Kier molecular flexibility index (Phi) is 16.6. The molecule has 276 valence electrons. The first kappa shape index (κ1) is 41.8. The molecule has 0 aliphatic rings. The number of carboxylic acid groups (broad SMARTS) is 1. The fraction of sp³-hybridized carbons (Fsp3) is 0.368. The van der Waals surface area contributed by atoms with Crippen LogP contribution in [-0.2, 0) is 27.2 Å². The zero-order valence-corrected chi connectivity index (χ0v) is 30.3. The molecular weight excluding hydrogens is 656 g/mol. The van der Waals surface area contributed by atoms with Gasteiger partial charge in [-0.3, -0.25) is 10.1 Å². The third-order valence-electron chi connectivity index (χ3n) is 7.20. The summed E-state index contributed by atoms with van der Waals surface area (Å²) in [6, 6.07) is 18.2. The van der Waals surface area contributed by atoms with Gasteiger partial charge in [-0.25, -0.2) is 14.4 Å². The predicted molar refractivity (Wildman–Crippen MR) is 198 cm³/mol. The van der Waals surface area contributed by atoms with Gasteiger partial charge in [0.25, 0.3) is 5.56 Å². The molecule has 4 aromatic rings. The number of fused-ring (bicyclic) bond motifs is 1. The van der Waals surface area contributed by atoms with Gasteiger partial charge < -0.3 is 40.0 Å². The largest absolute Gasteiger partial charge is 0.479 e. The maximum Gasteiger partial charge on any atom is 0.411 e. The van der Waals surface area contributed by atoms with E-state index in [4.69, 9.17) is 19.7 Å². The van der Waals surface area contributed by atoms with Gasteiger partial charge in [0.1, 0.15) is 5.60 Å². The number of aromatic amines is 1. The van der Waals surface area contributed by atoms with E-state index in [2.05, 4.69) is 15.6 Å². The quantitative estimate of drug-likeness (QED) is 0.104. The Hall–Kier alpha value is -5.40. The van der Waals surface area contributed by atoms with Crippen molar-refractivity contribution in [2.24, 2.45) is 0 Å². The molecule has 1 unspecified atom stereocenters. The number of rotatable bonds is 11. The molecule has 0 aliphatic heterocycles. The SMILES string of the molecule is CCCO.CO.Cc1ccc(NC(=O)OCCc2ccc(C(Nc3ccc4cc[nH]c(=O)c4c3)C(=O)O)cc2)cc1CN(C)C(=O)OC(C)(C)C. The van der Waals surface area contributed by atoms with Crippen LogP contribution in [0, 0.1) is 6.92 Å². The molecule has 1 heterocycles. The first-order valence-electron chi connectivity index (χ1n) is 16.4. The molecule has 3 aromatic carbocycles. The van der Waals surface area contributed by atoms with E-state index in [9.17, 15) is 24.3 Å². The van der Waals surface area contributed by atoms with Crippen molar-refractivity contribution in [3.05, 3.63) is 106 Å². The minimum absolute atomic E-state index is 0.109. The zero-order valence-electron chi connectivity index (χ0n) is 30.3. The molecule has 13 nitrogen and oxygen atoms in total. The lowest BCUT2D eigenvalue weighted by Gasteiger charge is -2.25. The van der Waals surface area contributed by atoms with Crippen molar-refractivity contribution in [1.29, 1.82) is 0 Å². The van der Waals surface area contributed by atoms with Crippen LogP contribution in [-0.4, -0.2) is 76.3 Å². The van der Waals surface area contributed by atoms with Gasteiger partial charge in [-0.1, -0.05) is 43.3 Å². The van der Waals surface area contributed by atoms with Crippen LogP contribution in [0.25, 0.3) is 10.8 Å². The summed E-state index contributed by atoms with van der Waals surface area (Å²) >= 11 is 0. The third kappa shape index (κ3) is 13.8. The van der Waals surface area contributed by atoms with Crippen molar-refractivity contribution in [1.82, 2.24) is 9.88 Å². The Morgan fingerprint density at radius 2 is 1.61 bits per heavy atom. The Balaban J connectivity index is 0.00000140. The van der Waals surface area contributed by atoms with E-state index in [1.807, 2.05) is 40.7 Å². The molecule has 0 saturated carbocycles. The molecule has 0 bridgehead atoms. The summed E-state index contributed by atoms with van der Waals surface area (Å²) in [4.78, 5) is 53.1. The van der Waals surface area contributed by atoms with Crippen molar-refractivity contribution in [2.75, 3.05) is 38.0 Å². The number of hydrogen-bond acceptors (Lipinski definition) is 9. The minimum atomic E-state index is -1.07. The van der Waals surface area contributed by atoms with Gasteiger partial charge in [0.05, 0.1) is 6.61 Å². The average Bonchev–Trinajstić information content (AvgIpc) is 3.09. The number of hydrogen-bond donors (Lipinski definition) is 6. The highest BCUT2D eigenvalue weighted by atomic mass is 16.6. The summed E-state index contributed by atoms with van der Waals surface area (Å²) in [5.41, 5.74) is 3.38. The van der Waals surface area contributed by atoms with Gasteiger partial charge in [0, 0.05) is 56.7 Å². The Bertz CT molecular complexity index is 1780. The summed E-state index contributed by atoms with van der Waals surface area (Å²) in [6.07, 6.45) is 1.80. The van der Waals surface area contributed by atoms with Gasteiger partial charge in [-0.2, -0.15) is 0 Å². The molecule has 0 saturated heterocycles. The van der Waals surface area contributed by atoms with Crippen LogP contribution < -0.4 is 16.2 Å². The minimum Gasteiger partial charge on any atom is -0.479 e. The molecule has 4 rings (SSSR count). The normalized spacial score (nSPS) is 11.2. The lowest BCUT2D eigenvalue weighted by atomic mass is 10.0. The van der Waals surface area contributed by atoms with E-state index in [0.717, 1.165) is 35.6 Å². The predicted octanol–water partition coefficient (Wildman–Crippen LogP) is 6.23. The maximum absolute atomic E-state index is 12.5. The number of nitrogens with one attached hydrogen (secondary N) is 3. The molecule has 0 spiro atoms. The number of aliphatic hydroxyl groups excluding tert-OH is 2. The lowest BCUT2D eigenvalue weighted by molar-refractivity contribution is -0.138. The van der Waals surface area contributed by atoms with E-state index >= 15 is 0 Å². The maximum atomic E-state index is 12.5. The second kappa shape index (κ2) is 20.3. The van der Waals surface area contributed by atoms with Crippen LogP contribution >= 0.6 is 0 Å². The average molecular weight is 707 g/mol. The van der Waals surface area contributed by atoms with Gasteiger partial charge >= 0.3 is 18.2 Å². The second-order valence-electron chi connectivity index (χ2n) is 12.5. The Labute approximate surface area is 298 Å². The van der Waals surface area contributed by atoms with Crippen molar-refractivity contribution in [3.63, 3.8) is 0 Å². The van der Waals surface area contributed by atoms with Gasteiger partial charge in [-0.15, -0.1) is 0 Å². The van der Waals surface area contributed by atoms with E-state index in [-0.39, 0.29) is 12.2 Å².